The van der Waals surface area contributed by atoms with Crippen molar-refractivity contribution in [3.63, 3.8) is 0 Å². The lowest BCUT2D eigenvalue weighted by Gasteiger charge is -2.44. The predicted molar refractivity (Wildman–Crippen MR) is 88.4 cm³/mol. The van der Waals surface area contributed by atoms with Gasteiger partial charge >= 0.3 is 11.9 Å². The Bertz CT molecular complexity index is 867. The van der Waals surface area contributed by atoms with Gasteiger partial charge in [-0.05, 0) is 19.4 Å². The number of H-pyrrole nitrogens is 1. The molecule has 0 radical (unpaired) electrons. The van der Waals surface area contributed by atoms with Crippen LogP contribution < -0.4 is 0 Å². The van der Waals surface area contributed by atoms with E-state index in [0.717, 1.165) is 10.9 Å². The molecule has 0 fully saturated rings. The van der Waals surface area contributed by atoms with Gasteiger partial charge in [-0.2, -0.15) is 0 Å². The summed E-state index contributed by atoms with van der Waals surface area (Å²) in [4.78, 5) is 26.7. The summed E-state index contributed by atoms with van der Waals surface area (Å²) in [7, 11) is 0. The molecule has 1 aliphatic rings. The number of aliphatic carboxylic acids is 2. The zero-order valence-electron chi connectivity index (χ0n) is 13.4. The Morgan fingerprint density at radius 2 is 1.88 bits per heavy atom. The van der Waals surface area contributed by atoms with Gasteiger partial charge in [-0.15, -0.1) is 0 Å². The highest BCUT2D eigenvalue weighted by molar-refractivity contribution is 6.03. The number of rotatable bonds is 3. The van der Waals surface area contributed by atoms with Crippen LogP contribution >= 0.6 is 0 Å². The minimum atomic E-state index is -2.28. The lowest BCUT2D eigenvalue weighted by Crippen LogP contribution is -2.56. The second-order valence-electron chi connectivity index (χ2n) is 6.59. The monoisotopic (exact) mass is 329 g/mol. The van der Waals surface area contributed by atoms with Crippen molar-refractivity contribution >= 4 is 28.4 Å². The number of para-hydroxylation sites is 1. The van der Waals surface area contributed by atoms with E-state index in [1.54, 1.807) is 6.20 Å². The summed E-state index contributed by atoms with van der Waals surface area (Å²) in [5.41, 5.74) is -2.01. The highest BCUT2D eigenvalue weighted by Crippen LogP contribution is 2.50. The van der Waals surface area contributed by atoms with Crippen molar-refractivity contribution in [2.75, 3.05) is 0 Å². The minimum absolute atomic E-state index is 0.147. The van der Waals surface area contributed by atoms with Gasteiger partial charge in [0.05, 0.1) is 5.41 Å². The molecule has 0 spiro atoms. The van der Waals surface area contributed by atoms with E-state index in [9.17, 15) is 24.9 Å². The number of aromatic amines is 1. The van der Waals surface area contributed by atoms with E-state index in [1.165, 1.54) is 19.9 Å². The second-order valence-corrected chi connectivity index (χ2v) is 6.59. The van der Waals surface area contributed by atoms with Crippen molar-refractivity contribution in [2.24, 2.45) is 11.3 Å². The first kappa shape index (κ1) is 16.3. The molecule has 6 nitrogen and oxygen atoms in total. The van der Waals surface area contributed by atoms with Crippen LogP contribution in [-0.2, 0) is 9.59 Å². The summed E-state index contributed by atoms with van der Waals surface area (Å²) in [6.07, 6.45) is 3.34. The molecule has 0 saturated heterocycles. The summed E-state index contributed by atoms with van der Waals surface area (Å²) >= 11 is 0. The molecule has 3 rings (SSSR count). The molecular formula is C18H19NO5. The number of fused-ring (bicyclic) bond motifs is 1. The number of carbonyl (C=O) groups is 2. The Morgan fingerprint density at radius 3 is 2.50 bits per heavy atom. The van der Waals surface area contributed by atoms with E-state index in [2.05, 4.69) is 4.98 Å². The van der Waals surface area contributed by atoms with Crippen molar-refractivity contribution in [3.8, 4) is 0 Å². The Kier molecular flexibility index (Phi) is 3.53. The van der Waals surface area contributed by atoms with Crippen molar-refractivity contribution in [1.82, 2.24) is 4.98 Å². The average Bonchev–Trinajstić information content (AvgIpc) is 2.96. The smallest absolute Gasteiger partial charge is 0.340 e. The molecular weight excluding hydrogens is 310 g/mol. The fraction of sp³-hybridized carbons (Fsp3) is 0.333. The van der Waals surface area contributed by atoms with Gasteiger partial charge in [0, 0.05) is 34.2 Å². The topological polar surface area (TPSA) is 111 Å². The Morgan fingerprint density at radius 1 is 1.21 bits per heavy atom. The van der Waals surface area contributed by atoms with E-state index in [4.69, 9.17) is 0 Å². The molecule has 3 atom stereocenters. The number of hydrogen-bond donors (Lipinski definition) is 4. The van der Waals surface area contributed by atoms with Crippen LogP contribution in [-0.4, -0.2) is 37.8 Å². The number of benzene rings is 1. The van der Waals surface area contributed by atoms with Crippen LogP contribution in [0.2, 0.25) is 0 Å². The first-order valence-electron chi connectivity index (χ1n) is 7.69. The molecule has 3 unspecified atom stereocenters. The lowest BCUT2D eigenvalue weighted by molar-refractivity contribution is -0.169. The molecule has 2 aromatic rings. The van der Waals surface area contributed by atoms with Gasteiger partial charge in [-0.1, -0.05) is 31.2 Å². The van der Waals surface area contributed by atoms with E-state index in [1.807, 2.05) is 24.3 Å². The van der Waals surface area contributed by atoms with Crippen LogP contribution in [0.4, 0.5) is 0 Å². The number of aromatic nitrogens is 1. The van der Waals surface area contributed by atoms with Crippen LogP contribution in [0.1, 0.15) is 25.8 Å². The molecule has 0 saturated carbocycles. The van der Waals surface area contributed by atoms with E-state index < -0.39 is 28.9 Å². The third-order valence-corrected chi connectivity index (χ3v) is 5.42. The van der Waals surface area contributed by atoms with Crippen LogP contribution in [0.5, 0.6) is 0 Å². The lowest BCUT2D eigenvalue weighted by atomic mass is 9.60. The summed E-state index contributed by atoms with van der Waals surface area (Å²) in [6.45, 7) is 2.94. The second kappa shape index (κ2) is 5.21. The molecule has 1 aromatic heterocycles. The van der Waals surface area contributed by atoms with Crippen molar-refractivity contribution < 1.29 is 24.9 Å². The summed E-state index contributed by atoms with van der Waals surface area (Å²) in [5, 5.41) is 31.1. The van der Waals surface area contributed by atoms with Gasteiger partial charge in [0.25, 0.3) is 0 Å². The maximum atomic E-state index is 11.9. The Hall–Kier alpha value is -2.60. The fourth-order valence-corrected chi connectivity index (χ4v) is 3.52. The van der Waals surface area contributed by atoms with E-state index >= 15 is 0 Å². The van der Waals surface area contributed by atoms with Crippen LogP contribution in [0, 0.1) is 11.3 Å². The first-order valence-corrected chi connectivity index (χ1v) is 7.69. The summed E-state index contributed by atoms with van der Waals surface area (Å²) in [6, 6.07) is 7.37. The molecule has 4 N–H and O–H groups in total. The average molecular weight is 329 g/mol. The maximum Gasteiger partial charge on any atom is 0.340 e. The van der Waals surface area contributed by atoms with Crippen LogP contribution in [0.3, 0.4) is 0 Å². The highest BCUT2D eigenvalue weighted by atomic mass is 16.4. The van der Waals surface area contributed by atoms with E-state index in [0.29, 0.717) is 5.56 Å². The Labute approximate surface area is 138 Å². The number of aliphatic hydroxyl groups is 1. The molecule has 0 bridgehead atoms. The molecule has 1 heterocycles. The summed E-state index contributed by atoms with van der Waals surface area (Å²) in [5.74, 6) is -3.57. The van der Waals surface area contributed by atoms with Gasteiger partial charge < -0.3 is 20.3 Å². The Balaban J connectivity index is 2.25. The van der Waals surface area contributed by atoms with E-state index in [-0.39, 0.29) is 12.0 Å². The molecule has 126 valence electrons. The summed E-state index contributed by atoms with van der Waals surface area (Å²) < 4.78 is 0. The first-order chi connectivity index (χ1) is 11.2. The minimum Gasteiger partial charge on any atom is -0.481 e. The maximum absolute atomic E-state index is 11.9. The number of allylic oxidation sites excluding steroid dienone is 1. The molecule has 1 aromatic carbocycles. The highest BCUT2D eigenvalue weighted by Gasteiger charge is 2.58. The predicted octanol–water partition coefficient (Wildman–Crippen LogP) is 2.50. The third-order valence-electron chi connectivity index (χ3n) is 5.42. The fourth-order valence-electron chi connectivity index (χ4n) is 3.52. The SMILES string of the molecule is CC1C(C)(C(=O)O)CC=C(c2c[nH]c3ccccc23)C1(O)C(=O)O. The molecule has 0 aliphatic heterocycles. The largest absolute Gasteiger partial charge is 0.481 e. The molecule has 24 heavy (non-hydrogen) atoms. The van der Waals surface area contributed by atoms with Crippen LogP contribution in [0.15, 0.2) is 36.5 Å². The van der Waals surface area contributed by atoms with Gasteiger partial charge in [-0.25, -0.2) is 4.79 Å². The number of carboxylic acid groups (broad SMARTS) is 2. The normalized spacial score (nSPS) is 30.1. The van der Waals surface area contributed by atoms with Gasteiger partial charge in [0.1, 0.15) is 0 Å². The molecule has 1 aliphatic carbocycles. The number of carboxylic acids is 2. The molecule has 6 heteroatoms. The number of nitrogens with one attached hydrogen (secondary N) is 1. The quantitative estimate of drug-likeness (QED) is 0.691. The van der Waals surface area contributed by atoms with Gasteiger partial charge in [0.15, 0.2) is 5.60 Å². The molecule has 0 amide bonds. The van der Waals surface area contributed by atoms with Crippen molar-refractivity contribution in [3.05, 3.63) is 42.1 Å². The zero-order chi connectivity index (χ0) is 17.7. The standard InChI is InChI=1S/C18H19NO5/c1-10-17(2,15(20)21)8-7-13(18(10,24)16(22)23)12-9-19-14-6-4-3-5-11(12)14/h3-7,9-10,19,24H,8H2,1-2H3,(H,20,21)(H,22,23). The van der Waals surface area contributed by atoms with Crippen molar-refractivity contribution in [1.29, 1.82) is 0 Å². The number of hydrogen-bond acceptors (Lipinski definition) is 3. The van der Waals surface area contributed by atoms with Crippen LogP contribution in [0.25, 0.3) is 16.5 Å². The van der Waals surface area contributed by atoms with Gasteiger partial charge in [0.2, 0.25) is 0 Å². The zero-order valence-corrected chi connectivity index (χ0v) is 13.4. The van der Waals surface area contributed by atoms with Crippen molar-refractivity contribution in [2.45, 2.75) is 25.9 Å². The van der Waals surface area contributed by atoms with Gasteiger partial charge in [-0.3, -0.25) is 4.79 Å². The third kappa shape index (κ3) is 1.99.